The highest BCUT2D eigenvalue weighted by atomic mass is 19.1. The van der Waals surface area contributed by atoms with Crippen LogP contribution in [-0.2, 0) is 13.0 Å². The third-order valence-corrected chi connectivity index (χ3v) is 4.78. The Labute approximate surface area is 168 Å². The average Bonchev–Trinajstić information content (AvgIpc) is 3.10. The molecule has 2 heterocycles. The van der Waals surface area contributed by atoms with Crippen LogP contribution in [-0.4, -0.2) is 27.0 Å². The summed E-state index contributed by atoms with van der Waals surface area (Å²) in [5.74, 6) is 0.464. The number of carbonyl (C=O) groups is 1. The Morgan fingerprint density at radius 1 is 1.00 bits per heavy atom. The molecular weight excluding hydrogens is 367 g/mol. The first-order valence-electron chi connectivity index (χ1n) is 9.59. The minimum atomic E-state index is -0.223. The molecule has 146 valence electrons. The lowest BCUT2D eigenvalue weighted by molar-refractivity contribution is 0.0948. The van der Waals surface area contributed by atoms with Crippen LogP contribution >= 0.6 is 0 Å². The van der Waals surface area contributed by atoms with Crippen molar-refractivity contribution in [2.75, 3.05) is 6.54 Å². The molecule has 0 saturated heterocycles. The van der Waals surface area contributed by atoms with Gasteiger partial charge in [0.15, 0.2) is 0 Å². The first kappa shape index (κ1) is 18.8. The third-order valence-electron chi connectivity index (χ3n) is 4.78. The Kier molecular flexibility index (Phi) is 5.61. The van der Waals surface area contributed by atoms with Crippen LogP contribution < -0.4 is 5.32 Å². The smallest absolute Gasteiger partial charge is 0.269 e. The highest BCUT2D eigenvalue weighted by Gasteiger charge is 2.13. The van der Waals surface area contributed by atoms with E-state index in [0.717, 1.165) is 23.3 Å². The summed E-state index contributed by atoms with van der Waals surface area (Å²) in [6.07, 6.45) is 2.99. The minimum Gasteiger partial charge on any atom is -0.351 e. The number of halogens is 1. The Morgan fingerprint density at radius 3 is 2.62 bits per heavy atom. The van der Waals surface area contributed by atoms with Crippen LogP contribution in [0.1, 0.15) is 28.3 Å². The number of para-hydroxylation sites is 2. The monoisotopic (exact) mass is 388 g/mol. The van der Waals surface area contributed by atoms with E-state index in [2.05, 4.69) is 10.3 Å². The molecule has 29 heavy (non-hydrogen) atoms. The molecule has 0 saturated carbocycles. The molecule has 0 fully saturated rings. The van der Waals surface area contributed by atoms with Crippen LogP contribution in [0.15, 0.2) is 72.9 Å². The molecule has 5 nitrogen and oxygen atoms in total. The number of fused-ring (bicyclic) bond motifs is 1. The summed E-state index contributed by atoms with van der Waals surface area (Å²) in [7, 11) is 0. The zero-order valence-electron chi connectivity index (χ0n) is 15.9. The lowest BCUT2D eigenvalue weighted by Gasteiger charge is -2.11. The summed E-state index contributed by atoms with van der Waals surface area (Å²) in [6, 6.07) is 19.9. The Balaban J connectivity index is 1.47. The number of rotatable bonds is 7. The highest BCUT2D eigenvalue weighted by molar-refractivity contribution is 5.92. The number of nitrogens with zero attached hydrogens (tertiary/aromatic N) is 3. The van der Waals surface area contributed by atoms with E-state index in [4.69, 9.17) is 4.98 Å². The summed E-state index contributed by atoms with van der Waals surface area (Å²) in [5, 5.41) is 2.88. The van der Waals surface area contributed by atoms with Gasteiger partial charge in [-0.1, -0.05) is 36.4 Å². The van der Waals surface area contributed by atoms with Crippen molar-refractivity contribution in [1.29, 1.82) is 0 Å². The summed E-state index contributed by atoms with van der Waals surface area (Å²) in [6.45, 7) is 0.932. The van der Waals surface area contributed by atoms with Gasteiger partial charge in [0.25, 0.3) is 5.91 Å². The Bertz CT molecular complexity index is 1120. The van der Waals surface area contributed by atoms with Gasteiger partial charge in [0.1, 0.15) is 17.3 Å². The fourth-order valence-electron chi connectivity index (χ4n) is 3.33. The Hall–Kier alpha value is -3.54. The van der Waals surface area contributed by atoms with Crippen molar-refractivity contribution < 1.29 is 9.18 Å². The number of benzene rings is 2. The van der Waals surface area contributed by atoms with Crippen molar-refractivity contribution in [1.82, 2.24) is 19.9 Å². The van der Waals surface area contributed by atoms with E-state index in [9.17, 15) is 9.18 Å². The number of nitrogens with one attached hydrogen (secondary N) is 1. The molecule has 2 aromatic carbocycles. The van der Waals surface area contributed by atoms with Gasteiger partial charge >= 0.3 is 0 Å². The molecule has 2 aromatic heterocycles. The molecule has 0 unspecified atom stereocenters. The van der Waals surface area contributed by atoms with Gasteiger partial charge in [-0.3, -0.25) is 9.78 Å². The van der Waals surface area contributed by atoms with Gasteiger partial charge in [-0.25, -0.2) is 9.37 Å². The van der Waals surface area contributed by atoms with Crippen molar-refractivity contribution in [2.24, 2.45) is 0 Å². The van der Waals surface area contributed by atoms with E-state index in [1.54, 1.807) is 36.5 Å². The lowest BCUT2D eigenvalue weighted by atomic mass is 10.2. The first-order chi connectivity index (χ1) is 14.2. The summed E-state index contributed by atoms with van der Waals surface area (Å²) in [5.41, 5.74) is 2.89. The van der Waals surface area contributed by atoms with Crippen LogP contribution in [0.4, 0.5) is 4.39 Å². The fourth-order valence-corrected chi connectivity index (χ4v) is 3.33. The number of hydrogen-bond donors (Lipinski definition) is 1. The quantitative estimate of drug-likeness (QED) is 0.487. The molecule has 4 rings (SSSR count). The molecule has 6 heteroatoms. The van der Waals surface area contributed by atoms with Gasteiger partial charge in [-0.05, 0) is 36.8 Å². The lowest BCUT2D eigenvalue weighted by Crippen LogP contribution is -2.25. The van der Waals surface area contributed by atoms with E-state index in [-0.39, 0.29) is 11.7 Å². The number of imidazole rings is 1. The van der Waals surface area contributed by atoms with Crippen LogP contribution in [0, 0.1) is 5.82 Å². The van der Waals surface area contributed by atoms with Crippen molar-refractivity contribution in [3.8, 4) is 0 Å². The van der Waals surface area contributed by atoms with Gasteiger partial charge in [-0.2, -0.15) is 0 Å². The molecule has 4 aromatic rings. The first-order valence-corrected chi connectivity index (χ1v) is 9.59. The molecule has 0 aliphatic heterocycles. The van der Waals surface area contributed by atoms with E-state index in [1.807, 2.05) is 34.9 Å². The van der Waals surface area contributed by atoms with Gasteiger partial charge in [-0.15, -0.1) is 0 Å². The molecule has 0 bridgehead atoms. The van der Waals surface area contributed by atoms with Crippen LogP contribution in [0.2, 0.25) is 0 Å². The summed E-state index contributed by atoms with van der Waals surface area (Å²) in [4.78, 5) is 20.9. The molecule has 0 aliphatic rings. The number of pyridine rings is 1. The maximum Gasteiger partial charge on any atom is 0.269 e. The molecule has 0 aliphatic carbocycles. The second-order valence-electron chi connectivity index (χ2n) is 6.77. The van der Waals surface area contributed by atoms with Gasteiger partial charge in [0.05, 0.1) is 17.6 Å². The predicted molar refractivity (Wildman–Crippen MR) is 110 cm³/mol. The molecule has 0 atom stereocenters. The minimum absolute atomic E-state index is 0.189. The number of hydrogen-bond acceptors (Lipinski definition) is 3. The van der Waals surface area contributed by atoms with Gasteiger partial charge in [0, 0.05) is 24.7 Å². The second kappa shape index (κ2) is 8.65. The van der Waals surface area contributed by atoms with Gasteiger partial charge in [0.2, 0.25) is 0 Å². The number of amides is 1. The largest absolute Gasteiger partial charge is 0.351 e. The van der Waals surface area contributed by atoms with E-state index < -0.39 is 0 Å². The third kappa shape index (κ3) is 4.32. The molecule has 1 N–H and O–H groups in total. The maximum absolute atomic E-state index is 14.2. The normalized spacial score (nSPS) is 10.9. The van der Waals surface area contributed by atoms with Crippen LogP contribution in [0.5, 0.6) is 0 Å². The number of aryl methyl sites for hydroxylation is 1. The second-order valence-corrected chi connectivity index (χ2v) is 6.77. The van der Waals surface area contributed by atoms with E-state index in [0.29, 0.717) is 30.8 Å². The standard InChI is InChI=1S/C23H21FN4O/c24-18-9-2-1-8-17(18)16-28-21-12-4-3-10-19(21)27-22(28)13-7-15-26-23(29)20-11-5-6-14-25-20/h1-6,8-12,14H,7,13,15-16H2,(H,26,29). The predicted octanol–water partition coefficient (Wildman–Crippen LogP) is 3.98. The van der Waals surface area contributed by atoms with Crippen molar-refractivity contribution in [2.45, 2.75) is 19.4 Å². The molecule has 0 radical (unpaired) electrons. The highest BCUT2D eigenvalue weighted by Crippen LogP contribution is 2.20. The Morgan fingerprint density at radius 2 is 1.79 bits per heavy atom. The number of carbonyl (C=O) groups excluding carboxylic acids is 1. The zero-order chi connectivity index (χ0) is 20.1. The molecular formula is C23H21FN4O. The molecule has 1 amide bonds. The van der Waals surface area contributed by atoms with Gasteiger partial charge < -0.3 is 9.88 Å². The zero-order valence-corrected chi connectivity index (χ0v) is 15.9. The van der Waals surface area contributed by atoms with Crippen molar-refractivity contribution >= 4 is 16.9 Å². The van der Waals surface area contributed by atoms with Crippen LogP contribution in [0.3, 0.4) is 0 Å². The number of aromatic nitrogens is 3. The van der Waals surface area contributed by atoms with Crippen molar-refractivity contribution in [3.05, 3.63) is 95.8 Å². The average molecular weight is 388 g/mol. The SMILES string of the molecule is O=C(NCCCc1nc2ccccc2n1Cc1ccccc1F)c1ccccn1. The fraction of sp³-hybridized carbons (Fsp3) is 0.174. The molecule has 0 spiro atoms. The maximum atomic E-state index is 14.2. The van der Waals surface area contributed by atoms with E-state index in [1.165, 1.54) is 6.07 Å². The van der Waals surface area contributed by atoms with Crippen LogP contribution in [0.25, 0.3) is 11.0 Å². The van der Waals surface area contributed by atoms with E-state index >= 15 is 0 Å². The topological polar surface area (TPSA) is 59.8 Å². The van der Waals surface area contributed by atoms with Crippen molar-refractivity contribution in [3.63, 3.8) is 0 Å². The summed E-state index contributed by atoms with van der Waals surface area (Å²) >= 11 is 0. The summed E-state index contributed by atoms with van der Waals surface area (Å²) < 4.78 is 16.2.